The maximum absolute atomic E-state index is 9.58. The number of hydrogen-bond acceptors (Lipinski definition) is 2. The average molecular weight is 269 g/mol. The van der Waals surface area contributed by atoms with E-state index in [0.717, 1.165) is 12.1 Å². The SMILES string of the molecule is Cc1cc(C)c(CN[C@@H](CO)c2ccccc2)c(C)c1. The zero-order valence-electron chi connectivity index (χ0n) is 12.5. The predicted molar refractivity (Wildman–Crippen MR) is 83.8 cm³/mol. The van der Waals surface area contributed by atoms with Crippen molar-refractivity contribution in [3.05, 3.63) is 70.3 Å². The molecule has 0 fully saturated rings. The maximum atomic E-state index is 9.58. The van der Waals surface area contributed by atoms with E-state index >= 15 is 0 Å². The van der Waals surface area contributed by atoms with E-state index in [2.05, 4.69) is 38.2 Å². The summed E-state index contributed by atoms with van der Waals surface area (Å²) in [5, 5.41) is 13.0. The molecule has 0 heterocycles. The summed E-state index contributed by atoms with van der Waals surface area (Å²) in [7, 11) is 0. The summed E-state index contributed by atoms with van der Waals surface area (Å²) < 4.78 is 0. The van der Waals surface area contributed by atoms with Gasteiger partial charge in [0.05, 0.1) is 12.6 Å². The van der Waals surface area contributed by atoms with E-state index in [4.69, 9.17) is 0 Å². The molecular formula is C18H23NO. The quantitative estimate of drug-likeness (QED) is 0.871. The Balaban J connectivity index is 2.12. The fraction of sp³-hybridized carbons (Fsp3) is 0.333. The number of nitrogens with one attached hydrogen (secondary N) is 1. The second-order valence-electron chi connectivity index (χ2n) is 5.40. The molecule has 2 rings (SSSR count). The van der Waals surface area contributed by atoms with E-state index in [1.165, 1.54) is 22.3 Å². The van der Waals surface area contributed by atoms with Gasteiger partial charge >= 0.3 is 0 Å². The molecule has 1 atom stereocenters. The van der Waals surface area contributed by atoms with Crippen LogP contribution in [0.5, 0.6) is 0 Å². The van der Waals surface area contributed by atoms with Crippen LogP contribution in [0.1, 0.15) is 33.9 Å². The standard InChI is InChI=1S/C18H23NO/c1-13-9-14(2)17(15(3)10-13)11-19-18(12-20)16-7-5-4-6-8-16/h4-10,18-20H,11-12H2,1-3H3/t18-/m0/s1. The van der Waals surface area contributed by atoms with Crippen LogP contribution in [-0.4, -0.2) is 11.7 Å². The Morgan fingerprint density at radius 2 is 1.60 bits per heavy atom. The van der Waals surface area contributed by atoms with Crippen molar-refractivity contribution >= 4 is 0 Å². The third-order valence-corrected chi connectivity index (χ3v) is 3.75. The first kappa shape index (κ1) is 14.8. The van der Waals surface area contributed by atoms with Gasteiger partial charge in [-0.3, -0.25) is 0 Å². The lowest BCUT2D eigenvalue weighted by atomic mass is 9.99. The highest BCUT2D eigenvalue weighted by Gasteiger charge is 2.11. The molecule has 0 spiro atoms. The van der Waals surface area contributed by atoms with Gasteiger partial charge in [0.2, 0.25) is 0 Å². The van der Waals surface area contributed by atoms with Gasteiger partial charge in [-0.15, -0.1) is 0 Å². The van der Waals surface area contributed by atoms with Crippen LogP contribution >= 0.6 is 0 Å². The monoisotopic (exact) mass is 269 g/mol. The number of hydrogen-bond donors (Lipinski definition) is 2. The molecule has 0 amide bonds. The molecule has 2 aromatic rings. The fourth-order valence-electron chi connectivity index (χ4n) is 2.69. The second-order valence-corrected chi connectivity index (χ2v) is 5.40. The van der Waals surface area contributed by atoms with Crippen molar-refractivity contribution in [3.63, 3.8) is 0 Å². The molecule has 20 heavy (non-hydrogen) atoms. The Bertz CT molecular complexity index is 540. The molecular weight excluding hydrogens is 246 g/mol. The Morgan fingerprint density at radius 1 is 1.00 bits per heavy atom. The first-order valence-electron chi connectivity index (χ1n) is 7.07. The van der Waals surface area contributed by atoms with Crippen molar-refractivity contribution in [2.24, 2.45) is 0 Å². The molecule has 0 bridgehead atoms. The number of benzene rings is 2. The molecule has 2 aromatic carbocycles. The van der Waals surface area contributed by atoms with E-state index in [1.807, 2.05) is 30.3 Å². The molecule has 0 saturated carbocycles. The van der Waals surface area contributed by atoms with Crippen LogP contribution in [0.4, 0.5) is 0 Å². The highest BCUT2D eigenvalue weighted by atomic mass is 16.3. The molecule has 0 saturated heterocycles. The summed E-state index contributed by atoms with van der Waals surface area (Å²) in [5.41, 5.74) is 6.35. The van der Waals surface area contributed by atoms with Gasteiger partial charge in [0.25, 0.3) is 0 Å². The van der Waals surface area contributed by atoms with Crippen molar-refractivity contribution in [2.75, 3.05) is 6.61 Å². The molecule has 0 aliphatic heterocycles. The van der Waals surface area contributed by atoms with Gasteiger partial charge in [-0.25, -0.2) is 0 Å². The summed E-state index contributed by atoms with van der Waals surface area (Å²) in [4.78, 5) is 0. The van der Waals surface area contributed by atoms with Crippen molar-refractivity contribution in [1.29, 1.82) is 0 Å². The number of aliphatic hydroxyl groups excluding tert-OH is 1. The third-order valence-electron chi connectivity index (χ3n) is 3.75. The summed E-state index contributed by atoms with van der Waals surface area (Å²) in [6.45, 7) is 7.30. The lowest BCUT2D eigenvalue weighted by Gasteiger charge is -2.19. The van der Waals surface area contributed by atoms with E-state index in [1.54, 1.807) is 0 Å². The Hall–Kier alpha value is -1.64. The second kappa shape index (κ2) is 6.69. The van der Waals surface area contributed by atoms with Gasteiger partial charge in [-0.05, 0) is 43.0 Å². The van der Waals surface area contributed by atoms with Crippen LogP contribution < -0.4 is 5.32 Å². The number of aryl methyl sites for hydroxylation is 3. The highest BCUT2D eigenvalue weighted by molar-refractivity contribution is 5.37. The summed E-state index contributed by atoms with van der Waals surface area (Å²) in [5.74, 6) is 0. The van der Waals surface area contributed by atoms with Crippen molar-refractivity contribution in [3.8, 4) is 0 Å². The minimum Gasteiger partial charge on any atom is -0.394 e. The van der Waals surface area contributed by atoms with Gasteiger partial charge in [0, 0.05) is 6.54 Å². The van der Waals surface area contributed by atoms with Crippen LogP contribution in [0, 0.1) is 20.8 Å². The number of aliphatic hydroxyl groups is 1. The topological polar surface area (TPSA) is 32.3 Å². The molecule has 2 heteroatoms. The third kappa shape index (κ3) is 3.47. The minimum atomic E-state index is -0.0173. The summed E-state index contributed by atoms with van der Waals surface area (Å²) in [6, 6.07) is 14.5. The van der Waals surface area contributed by atoms with Crippen LogP contribution in [0.3, 0.4) is 0 Å². The summed E-state index contributed by atoms with van der Waals surface area (Å²) in [6.07, 6.45) is 0. The fourth-order valence-corrected chi connectivity index (χ4v) is 2.69. The molecule has 0 unspecified atom stereocenters. The van der Waals surface area contributed by atoms with Crippen LogP contribution in [0.25, 0.3) is 0 Å². The molecule has 2 N–H and O–H groups in total. The van der Waals surface area contributed by atoms with Gasteiger partial charge in [-0.2, -0.15) is 0 Å². The average Bonchev–Trinajstić information content (AvgIpc) is 2.43. The zero-order chi connectivity index (χ0) is 14.5. The lowest BCUT2D eigenvalue weighted by Crippen LogP contribution is -2.24. The molecule has 0 radical (unpaired) electrons. The molecule has 0 aromatic heterocycles. The van der Waals surface area contributed by atoms with Gasteiger partial charge in [0.1, 0.15) is 0 Å². The van der Waals surface area contributed by atoms with Crippen molar-refractivity contribution in [1.82, 2.24) is 5.32 Å². The first-order valence-corrected chi connectivity index (χ1v) is 7.07. The highest BCUT2D eigenvalue weighted by Crippen LogP contribution is 2.18. The van der Waals surface area contributed by atoms with Gasteiger partial charge in [-0.1, -0.05) is 48.0 Å². The van der Waals surface area contributed by atoms with Crippen molar-refractivity contribution < 1.29 is 5.11 Å². The normalized spacial score (nSPS) is 12.4. The molecule has 0 aliphatic rings. The zero-order valence-corrected chi connectivity index (χ0v) is 12.5. The van der Waals surface area contributed by atoms with Gasteiger partial charge < -0.3 is 10.4 Å². The van der Waals surface area contributed by atoms with Crippen LogP contribution in [-0.2, 0) is 6.54 Å². The Labute approximate surface area is 121 Å². The number of rotatable bonds is 5. The van der Waals surface area contributed by atoms with E-state index in [-0.39, 0.29) is 12.6 Å². The van der Waals surface area contributed by atoms with Gasteiger partial charge in [0.15, 0.2) is 0 Å². The molecule has 2 nitrogen and oxygen atoms in total. The largest absolute Gasteiger partial charge is 0.394 e. The maximum Gasteiger partial charge on any atom is 0.0626 e. The van der Waals surface area contributed by atoms with Crippen LogP contribution in [0.2, 0.25) is 0 Å². The first-order chi connectivity index (χ1) is 9.61. The Kier molecular flexibility index (Phi) is 4.94. The van der Waals surface area contributed by atoms with E-state index < -0.39 is 0 Å². The minimum absolute atomic E-state index is 0.0173. The van der Waals surface area contributed by atoms with E-state index in [9.17, 15) is 5.11 Å². The summed E-state index contributed by atoms with van der Waals surface area (Å²) >= 11 is 0. The predicted octanol–water partition coefficient (Wildman–Crippen LogP) is 3.44. The van der Waals surface area contributed by atoms with E-state index in [0.29, 0.717) is 0 Å². The lowest BCUT2D eigenvalue weighted by molar-refractivity contribution is 0.243. The Morgan fingerprint density at radius 3 is 2.15 bits per heavy atom. The smallest absolute Gasteiger partial charge is 0.0626 e. The molecule has 106 valence electrons. The van der Waals surface area contributed by atoms with Crippen molar-refractivity contribution in [2.45, 2.75) is 33.4 Å². The van der Waals surface area contributed by atoms with Crippen LogP contribution in [0.15, 0.2) is 42.5 Å². The molecule has 0 aliphatic carbocycles.